The molecule has 3 N–H and O–H groups in total. The number of nitrogens with one attached hydrogen (secondary N) is 1. The van der Waals surface area contributed by atoms with E-state index in [-0.39, 0.29) is 16.9 Å². The van der Waals surface area contributed by atoms with E-state index in [4.69, 9.17) is 0 Å². The second-order valence-electron chi connectivity index (χ2n) is 7.31. The molecule has 2 rings (SSSR count). The molecule has 1 atom stereocenters. The minimum atomic E-state index is -0.599. The molecule has 1 unspecified atom stereocenters. The average molecular weight is 341 g/mol. The molecule has 0 amide bonds. The number of carbonyl (C=O) groups excluding carboxylic acids is 1. The maximum absolute atomic E-state index is 12.0. The molecular weight excluding hydrogens is 314 g/mol. The van der Waals surface area contributed by atoms with E-state index in [1.165, 1.54) is 17.7 Å². The molecule has 0 aliphatic heterocycles. The summed E-state index contributed by atoms with van der Waals surface area (Å²) in [5.41, 5.74) is 2.77. The highest BCUT2D eigenvalue weighted by Gasteiger charge is 2.14. The second kappa shape index (κ2) is 8.28. The molecule has 4 heteroatoms. The van der Waals surface area contributed by atoms with Gasteiger partial charge in [0.05, 0.1) is 6.10 Å². The van der Waals surface area contributed by atoms with Gasteiger partial charge in [-0.2, -0.15) is 0 Å². The highest BCUT2D eigenvalue weighted by molar-refractivity contribution is 5.96. The van der Waals surface area contributed by atoms with E-state index >= 15 is 0 Å². The van der Waals surface area contributed by atoms with Crippen molar-refractivity contribution in [3.05, 3.63) is 65.2 Å². The zero-order chi connectivity index (χ0) is 18.4. The molecule has 0 heterocycles. The van der Waals surface area contributed by atoms with E-state index in [2.05, 4.69) is 26.1 Å². The van der Waals surface area contributed by atoms with Gasteiger partial charge in [0.1, 0.15) is 5.75 Å². The van der Waals surface area contributed by atoms with E-state index in [1.807, 2.05) is 24.3 Å². The van der Waals surface area contributed by atoms with Crippen LogP contribution in [0.15, 0.2) is 48.5 Å². The first kappa shape index (κ1) is 19.2. The molecule has 0 aromatic heterocycles. The van der Waals surface area contributed by atoms with Crippen LogP contribution in [0.5, 0.6) is 5.75 Å². The van der Waals surface area contributed by atoms with Gasteiger partial charge in [0.25, 0.3) is 0 Å². The van der Waals surface area contributed by atoms with Gasteiger partial charge in [0.15, 0.2) is 5.78 Å². The summed E-state index contributed by atoms with van der Waals surface area (Å²) in [5.74, 6) is 0.159. The fraction of sp³-hybridized carbons (Fsp3) is 0.381. The van der Waals surface area contributed by atoms with Crippen molar-refractivity contribution in [3.8, 4) is 5.75 Å². The smallest absolute Gasteiger partial charge is 0.164 e. The molecule has 2 aromatic rings. The highest BCUT2D eigenvalue weighted by atomic mass is 16.3. The predicted molar refractivity (Wildman–Crippen MR) is 100 cm³/mol. The zero-order valence-corrected chi connectivity index (χ0v) is 15.1. The normalized spacial score (nSPS) is 12.8. The van der Waals surface area contributed by atoms with Crippen LogP contribution in [0.4, 0.5) is 0 Å². The van der Waals surface area contributed by atoms with E-state index in [0.717, 1.165) is 5.56 Å². The van der Waals surface area contributed by atoms with E-state index in [1.54, 1.807) is 12.1 Å². The van der Waals surface area contributed by atoms with Crippen LogP contribution in [0.25, 0.3) is 0 Å². The van der Waals surface area contributed by atoms with Crippen LogP contribution in [0.3, 0.4) is 0 Å². The third-order valence-corrected chi connectivity index (χ3v) is 4.22. The molecule has 134 valence electrons. The Balaban J connectivity index is 1.77. The molecular formula is C21H27NO3. The number of phenols is 1. The molecule has 0 saturated carbocycles. The molecule has 25 heavy (non-hydrogen) atoms. The molecule has 0 aliphatic carbocycles. The number of hydrogen-bond donors (Lipinski definition) is 3. The SMILES string of the molecule is CC(C)(C)c1ccc(C(O)CNCCC(=O)c2ccc(O)cc2)cc1. The molecule has 0 spiro atoms. The highest BCUT2D eigenvalue weighted by Crippen LogP contribution is 2.23. The number of Topliss-reactive ketones (excluding diaryl/α,β-unsaturated/α-hetero) is 1. The predicted octanol–water partition coefficient (Wildman–Crippen LogP) is 3.59. The molecule has 0 fully saturated rings. The lowest BCUT2D eigenvalue weighted by Crippen LogP contribution is -2.24. The topological polar surface area (TPSA) is 69.6 Å². The van der Waals surface area contributed by atoms with Crippen LogP contribution in [0.1, 0.15) is 54.8 Å². The standard InChI is InChI=1S/C21H27NO3/c1-21(2,3)17-8-4-16(5-9-17)20(25)14-22-13-12-19(24)15-6-10-18(23)11-7-15/h4-11,20,22-23,25H,12-14H2,1-3H3. The van der Waals surface area contributed by atoms with Crippen LogP contribution in [0, 0.1) is 0 Å². The quantitative estimate of drug-likeness (QED) is 0.532. The van der Waals surface area contributed by atoms with Gasteiger partial charge in [-0.15, -0.1) is 0 Å². The van der Waals surface area contributed by atoms with E-state index in [0.29, 0.717) is 25.1 Å². The largest absolute Gasteiger partial charge is 0.508 e. The van der Waals surface area contributed by atoms with Crippen molar-refractivity contribution >= 4 is 5.78 Å². The van der Waals surface area contributed by atoms with Gasteiger partial charge < -0.3 is 15.5 Å². The fourth-order valence-corrected chi connectivity index (χ4v) is 2.56. The van der Waals surface area contributed by atoms with Gasteiger partial charge in [0.2, 0.25) is 0 Å². The summed E-state index contributed by atoms with van der Waals surface area (Å²) in [6, 6.07) is 14.2. The number of ketones is 1. The Labute approximate surface area is 149 Å². The number of aromatic hydroxyl groups is 1. The third kappa shape index (κ3) is 5.69. The van der Waals surface area contributed by atoms with Gasteiger partial charge >= 0.3 is 0 Å². The van der Waals surface area contributed by atoms with Gasteiger partial charge in [-0.1, -0.05) is 45.0 Å². The van der Waals surface area contributed by atoms with Crippen LogP contribution in [-0.4, -0.2) is 29.1 Å². The minimum absolute atomic E-state index is 0.0107. The molecule has 0 saturated heterocycles. The second-order valence-corrected chi connectivity index (χ2v) is 7.31. The molecule has 2 aromatic carbocycles. The lowest BCUT2D eigenvalue weighted by molar-refractivity contribution is 0.0979. The summed E-state index contributed by atoms with van der Waals surface area (Å²) >= 11 is 0. The maximum atomic E-state index is 12.0. The Bertz CT molecular complexity index is 685. The Kier molecular flexibility index (Phi) is 6.34. The summed E-state index contributed by atoms with van der Waals surface area (Å²) in [4.78, 5) is 12.0. The molecule has 0 radical (unpaired) electrons. The Morgan fingerprint density at radius 3 is 2.20 bits per heavy atom. The number of hydrogen-bond acceptors (Lipinski definition) is 4. The first-order valence-corrected chi connectivity index (χ1v) is 8.59. The first-order chi connectivity index (χ1) is 11.8. The van der Waals surface area contributed by atoms with Crippen molar-refractivity contribution in [2.24, 2.45) is 0 Å². The third-order valence-electron chi connectivity index (χ3n) is 4.22. The zero-order valence-electron chi connectivity index (χ0n) is 15.1. The average Bonchev–Trinajstić information content (AvgIpc) is 2.58. The Morgan fingerprint density at radius 1 is 1.04 bits per heavy atom. The molecule has 4 nitrogen and oxygen atoms in total. The van der Waals surface area contributed by atoms with Crippen LogP contribution in [0.2, 0.25) is 0 Å². The lowest BCUT2D eigenvalue weighted by Gasteiger charge is -2.20. The van der Waals surface area contributed by atoms with Gasteiger partial charge in [-0.25, -0.2) is 0 Å². The minimum Gasteiger partial charge on any atom is -0.508 e. The molecule has 0 aliphatic rings. The Morgan fingerprint density at radius 2 is 1.64 bits per heavy atom. The van der Waals surface area contributed by atoms with Gasteiger partial charge in [0, 0.05) is 25.1 Å². The number of aliphatic hydroxyl groups is 1. The van der Waals surface area contributed by atoms with Crippen molar-refractivity contribution in [1.29, 1.82) is 0 Å². The number of carbonyl (C=O) groups is 1. The summed E-state index contributed by atoms with van der Waals surface area (Å²) in [5, 5.41) is 22.6. The van der Waals surface area contributed by atoms with Crippen LogP contribution >= 0.6 is 0 Å². The van der Waals surface area contributed by atoms with Crippen LogP contribution < -0.4 is 5.32 Å². The maximum Gasteiger partial charge on any atom is 0.164 e. The van der Waals surface area contributed by atoms with Crippen molar-refractivity contribution in [1.82, 2.24) is 5.32 Å². The number of phenolic OH excluding ortho intramolecular Hbond substituents is 1. The lowest BCUT2D eigenvalue weighted by atomic mass is 9.86. The van der Waals surface area contributed by atoms with Crippen molar-refractivity contribution in [3.63, 3.8) is 0 Å². The Hall–Kier alpha value is -2.17. The van der Waals surface area contributed by atoms with E-state index < -0.39 is 6.10 Å². The van der Waals surface area contributed by atoms with Crippen molar-refractivity contribution in [2.75, 3.05) is 13.1 Å². The summed E-state index contributed by atoms with van der Waals surface area (Å²) in [6.07, 6.45) is -0.252. The van der Waals surface area contributed by atoms with Crippen molar-refractivity contribution < 1.29 is 15.0 Å². The number of aliphatic hydroxyl groups excluding tert-OH is 1. The first-order valence-electron chi connectivity index (χ1n) is 8.59. The number of rotatable bonds is 7. The van der Waals surface area contributed by atoms with Crippen LogP contribution in [-0.2, 0) is 5.41 Å². The summed E-state index contributed by atoms with van der Waals surface area (Å²) < 4.78 is 0. The summed E-state index contributed by atoms with van der Waals surface area (Å²) in [6.45, 7) is 7.37. The number of benzene rings is 2. The van der Waals surface area contributed by atoms with Gasteiger partial charge in [-0.05, 0) is 40.8 Å². The fourth-order valence-electron chi connectivity index (χ4n) is 2.56. The van der Waals surface area contributed by atoms with Gasteiger partial charge in [-0.3, -0.25) is 4.79 Å². The van der Waals surface area contributed by atoms with E-state index in [9.17, 15) is 15.0 Å². The molecule has 0 bridgehead atoms. The monoisotopic (exact) mass is 341 g/mol. The van der Waals surface area contributed by atoms with Crippen molar-refractivity contribution in [2.45, 2.75) is 38.7 Å². The summed E-state index contributed by atoms with van der Waals surface area (Å²) in [7, 11) is 0.